The fraction of sp³-hybridized carbons (Fsp3) is 0.652. The minimum Gasteiger partial charge on any atom is -0.356 e. The molecule has 1 atom stereocenters. The molecule has 1 heterocycles. The van der Waals surface area contributed by atoms with Gasteiger partial charge >= 0.3 is 0 Å². The number of nitrogens with zero attached hydrogens (tertiary/aromatic N) is 3. The molecule has 2 fully saturated rings. The van der Waals surface area contributed by atoms with Crippen molar-refractivity contribution >= 4 is 35.8 Å². The Bertz CT molecular complexity index is 681. The van der Waals surface area contributed by atoms with Crippen molar-refractivity contribution in [2.45, 2.75) is 39.0 Å². The first-order valence-corrected chi connectivity index (χ1v) is 11.1. The number of hydrogen-bond acceptors (Lipinski definition) is 3. The number of aliphatic imine (C=N–C) groups is 1. The standard InChI is InChI=1S/C23H37N5O.HI/c1-18-7-9-20(10-8-18)19(2)17-26-23(24-3)25-11-12-27-13-15-28(16-14-27)22(29)21-5-4-6-21;/h7-10,19,21H,4-6,11-17H2,1-3H3,(H2,24,25,26);1H. The lowest BCUT2D eigenvalue weighted by molar-refractivity contribution is -0.139. The molecule has 2 aliphatic rings. The molecule has 1 unspecified atom stereocenters. The molecule has 2 N–H and O–H groups in total. The number of halogens is 1. The van der Waals surface area contributed by atoms with Gasteiger partial charge < -0.3 is 15.5 Å². The second-order valence-corrected chi connectivity index (χ2v) is 8.49. The third-order valence-corrected chi connectivity index (χ3v) is 6.30. The number of aryl methyl sites for hydroxylation is 1. The molecule has 1 amide bonds. The van der Waals surface area contributed by atoms with Crippen molar-refractivity contribution in [2.75, 3.05) is 52.9 Å². The summed E-state index contributed by atoms with van der Waals surface area (Å²) in [4.78, 5) is 21.2. The lowest BCUT2D eigenvalue weighted by Gasteiger charge is -2.38. The smallest absolute Gasteiger partial charge is 0.225 e. The summed E-state index contributed by atoms with van der Waals surface area (Å²) in [5.74, 6) is 1.99. The molecule has 1 aliphatic carbocycles. The van der Waals surface area contributed by atoms with Crippen LogP contribution in [0.25, 0.3) is 0 Å². The Balaban J connectivity index is 0.00000320. The summed E-state index contributed by atoms with van der Waals surface area (Å²) in [6, 6.07) is 8.73. The van der Waals surface area contributed by atoms with E-state index in [1.165, 1.54) is 17.5 Å². The zero-order chi connectivity index (χ0) is 20.6. The van der Waals surface area contributed by atoms with Crippen molar-refractivity contribution in [3.63, 3.8) is 0 Å². The Labute approximate surface area is 198 Å². The number of amides is 1. The second kappa shape index (κ2) is 12.5. The van der Waals surface area contributed by atoms with Gasteiger partial charge in [-0.25, -0.2) is 0 Å². The van der Waals surface area contributed by atoms with Crippen LogP contribution in [-0.4, -0.2) is 74.5 Å². The Morgan fingerprint density at radius 1 is 1.13 bits per heavy atom. The summed E-state index contributed by atoms with van der Waals surface area (Å²) >= 11 is 0. The van der Waals surface area contributed by atoms with Crippen LogP contribution in [0, 0.1) is 12.8 Å². The maximum Gasteiger partial charge on any atom is 0.225 e. The summed E-state index contributed by atoms with van der Waals surface area (Å²) < 4.78 is 0. The molecule has 6 nitrogen and oxygen atoms in total. The van der Waals surface area contributed by atoms with Gasteiger partial charge in [-0.15, -0.1) is 24.0 Å². The monoisotopic (exact) mass is 527 g/mol. The largest absolute Gasteiger partial charge is 0.356 e. The van der Waals surface area contributed by atoms with E-state index in [0.717, 1.165) is 64.6 Å². The summed E-state index contributed by atoms with van der Waals surface area (Å²) in [5, 5.41) is 6.85. The van der Waals surface area contributed by atoms with Crippen LogP contribution >= 0.6 is 24.0 Å². The minimum atomic E-state index is 0. The van der Waals surface area contributed by atoms with Crippen molar-refractivity contribution in [3.8, 4) is 0 Å². The lowest BCUT2D eigenvalue weighted by atomic mass is 9.84. The number of rotatable bonds is 7. The van der Waals surface area contributed by atoms with Crippen LogP contribution in [0.4, 0.5) is 0 Å². The molecule has 0 spiro atoms. The highest BCUT2D eigenvalue weighted by Gasteiger charge is 2.30. The number of hydrogen-bond donors (Lipinski definition) is 2. The quantitative estimate of drug-likeness (QED) is 0.326. The Morgan fingerprint density at radius 2 is 1.80 bits per heavy atom. The molecular weight excluding hydrogens is 489 g/mol. The minimum absolute atomic E-state index is 0. The fourth-order valence-electron chi connectivity index (χ4n) is 3.92. The first kappa shape index (κ1) is 24.9. The maximum absolute atomic E-state index is 12.3. The van der Waals surface area contributed by atoms with Gasteiger partial charge in [0.15, 0.2) is 5.96 Å². The predicted molar refractivity (Wildman–Crippen MR) is 135 cm³/mol. The molecule has 0 radical (unpaired) electrons. The van der Waals surface area contributed by atoms with E-state index < -0.39 is 0 Å². The summed E-state index contributed by atoms with van der Waals surface area (Å²) in [7, 11) is 1.82. The van der Waals surface area contributed by atoms with Crippen LogP contribution in [-0.2, 0) is 4.79 Å². The van der Waals surface area contributed by atoms with Crippen LogP contribution in [0.2, 0.25) is 0 Å². The third kappa shape index (κ3) is 7.11. The first-order chi connectivity index (χ1) is 14.1. The van der Waals surface area contributed by atoms with Crippen molar-refractivity contribution in [1.82, 2.24) is 20.4 Å². The normalized spacial score (nSPS) is 18.9. The number of carbonyl (C=O) groups excluding carboxylic acids is 1. The molecule has 1 saturated heterocycles. The molecule has 0 aromatic heterocycles. The van der Waals surface area contributed by atoms with Crippen LogP contribution in [0.1, 0.15) is 43.2 Å². The van der Waals surface area contributed by atoms with E-state index in [0.29, 0.717) is 17.7 Å². The number of guanidine groups is 1. The van der Waals surface area contributed by atoms with Crippen molar-refractivity contribution < 1.29 is 4.79 Å². The van der Waals surface area contributed by atoms with E-state index >= 15 is 0 Å². The number of benzene rings is 1. The van der Waals surface area contributed by atoms with Crippen molar-refractivity contribution in [2.24, 2.45) is 10.9 Å². The van der Waals surface area contributed by atoms with E-state index in [2.05, 4.69) is 63.5 Å². The highest BCUT2D eigenvalue weighted by atomic mass is 127. The molecule has 3 rings (SSSR count). The van der Waals surface area contributed by atoms with Gasteiger partial charge in [0.25, 0.3) is 0 Å². The van der Waals surface area contributed by atoms with E-state index in [4.69, 9.17) is 0 Å². The maximum atomic E-state index is 12.3. The molecule has 168 valence electrons. The fourth-order valence-corrected chi connectivity index (χ4v) is 3.92. The molecule has 7 heteroatoms. The second-order valence-electron chi connectivity index (χ2n) is 8.49. The predicted octanol–water partition coefficient (Wildman–Crippen LogP) is 2.83. The zero-order valence-electron chi connectivity index (χ0n) is 18.7. The molecule has 1 aromatic carbocycles. The van der Waals surface area contributed by atoms with E-state index in [-0.39, 0.29) is 24.0 Å². The highest BCUT2D eigenvalue weighted by molar-refractivity contribution is 14.0. The molecule has 30 heavy (non-hydrogen) atoms. The molecule has 1 aliphatic heterocycles. The molecular formula is C23H38IN5O. The zero-order valence-corrected chi connectivity index (χ0v) is 21.0. The lowest BCUT2D eigenvalue weighted by Crippen LogP contribution is -2.52. The van der Waals surface area contributed by atoms with Gasteiger partial charge in [0, 0.05) is 58.8 Å². The highest BCUT2D eigenvalue weighted by Crippen LogP contribution is 2.28. The SMILES string of the molecule is CN=C(NCCN1CCN(C(=O)C2CCC2)CC1)NCC(C)c1ccc(C)cc1.I. The topological polar surface area (TPSA) is 60.0 Å². The van der Waals surface area contributed by atoms with Gasteiger partial charge in [0.05, 0.1) is 0 Å². The van der Waals surface area contributed by atoms with Crippen LogP contribution in [0.15, 0.2) is 29.3 Å². The van der Waals surface area contributed by atoms with E-state index in [1.54, 1.807) is 0 Å². The van der Waals surface area contributed by atoms with Gasteiger partial charge in [-0.05, 0) is 31.2 Å². The van der Waals surface area contributed by atoms with Crippen LogP contribution in [0.5, 0.6) is 0 Å². The van der Waals surface area contributed by atoms with Gasteiger partial charge in [-0.1, -0.05) is 43.2 Å². The van der Waals surface area contributed by atoms with Crippen LogP contribution in [0.3, 0.4) is 0 Å². The number of nitrogens with one attached hydrogen (secondary N) is 2. The molecule has 0 bridgehead atoms. The first-order valence-electron chi connectivity index (χ1n) is 11.1. The summed E-state index contributed by atoms with van der Waals surface area (Å²) in [5.41, 5.74) is 2.63. The number of piperazine rings is 1. The Kier molecular flexibility index (Phi) is 10.4. The van der Waals surface area contributed by atoms with Crippen LogP contribution < -0.4 is 10.6 Å². The Morgan fingerprint density at radius 3 is 2.37 bits per heavy atom. The van der Waals surface area contributed by atoms with Gasteiger partial charge in [0.1, 0.15) is 0 Å². The average molecular weight is 527 g/mol. The average Bonchev–Trinajstić information content (AvgIpc) is 2.70. The third-order valence-electron chi connectivity index (χ3n) is 6.30. The number of carbonyl (C=O) groups is 1. The molecule has 1 saturated carbocycles. The van der Waals surface area contributed by atoms with Gasteiger partial charge in [0.2, 0.25) is 5.91 Å². The van der Waals surface area contributed by atoms with E-state index in [9.17, 15) is 4.79 Å². The Hall–Kier alpha value is -1.35. The molecule has 1 aromatic rings. The van der Waals surface area contributed by atoms with Gasteiger partial charge in [-0.2, -0.15) is 0 Å². The summed E-state index contributed by atoms with van der Waals surface area (Å²) in [6.07, 6.45) is 3.41. The van der Waals surface area contributed by atoms with Gasteiger partial charge in [-0.3, -0.25) is 14.7 Å². The van der Waals surface area contributed by atoms with E-state index in [1.807, 2.05) is 7.05 Å². The van der Waals surface area contributed by atoms with Crippen molar-refractivity contribution in [3.05, 3.63) is 35.4 Å². The summed E-state index contributed by atoms with van der Waals surface area (Å²) in [6.45, 7) is 10.7. The van der Waals surface area contributed by atoms with Crippen molar-refractivity contribution in [1.29, 1.82) is 0 Å².